The molecule has 2 rings (SSSR count). The molecule has 22 heavy (non-hydrogen) atoms. The Labute approximate surface area is 129 Å². The van der Waals surface area contributed by atoms with Gasteiger partial charge in [0.15, 0.2) is 0 Å². The summed E-state index contributed by atoms with van der Waals surface area (Å²) in [6, 6.07) is 5.66. The second kappa shape index (κ2) is 6.44. The van der Waals surface area contributed by atoms with Gasteiger partial charge in [-0.1, -0.05) is 6.07 Å². The molecule has 1 saturated heterocycles. The molecular formula is C16H22FN3O2. The van der Waals surface area contributed by atoms with Crippen molar-refractivity contribution in [2.75, 3.05) is 26.2 Å². The highest BCUT2D eigenvalue weighted by molar-refractivity contribution is 5.94. The summed E-state index contributed by atoms with van der Waals surface area (Å²) < 4.78 is 13.2. The Kier molecular flexibility index (Phi) is 4.81. The van der Waals surface area contributed by atoms with E-state index in [1.54, 1.807) is 29.7 Å². The molecule has 1 aromatic carbocycles. The van der Waals surface area contributed by atoms with Crippen LogP contribution < -0.4 is 5.73 Å². The predicted molar refractivity (Wildman–Crippen MR) is 81.8 cm³/mol. The van der Waals surface area contributed by atoms with Crippen molar-refractivity contribution in [3.05, 3.63) is 35.6 Å². The van der Waals surface area contributed by atoms with Gasteiger partial charge in [-0.2, -0.15) is 0 Å². The quantitative estimate of drug-likeness (QED) is 0.894. The van der Waals surface area contributed by atoms with Crippen LogP contribution in [0, 0.1) is 5.82 Å². The van der Waals surface area contributed by atoms with Crippen LogP contribution in [0.3, 0.4) is 0 Å². The first-order valence-electron chi connectivity index (χ1n) is 7.42. The van der Waals surface area contributed by atoms with Crippen molar-refractivity contribution < 1.29 is 14.0 Å². The molecule has 0 aliphatic carbocycles. The number of nitrogens with two attached hydrogens (primary N) is 1. The van der Waals surface area contributed by atoms with Gasteiger partial charge < -0.3 is 15.5 Å². The molecule has 0 atom stereocenters. The van der Waals surface area contributed by atoms with Gasteiger partial charge in [0.05, 0.1) is 5.54 Å². The topological polar surface area (TPSA) is 66.6 Å². The maximum Gasteiger partial charge on any atom is 0.254 e. The highest BCUT2D eigenvalue weighted by atomic mass is 19.1. The Morgan fingerprint density at radius 3 is 2.41 bits per heavy atom. The normalized spacial score (nSPS) is 16.4. The van der Waals surface area contributed by atoms with Crippen LogP contribution in [-0.2, 0) is 4.79 Å². The first-order chi connectivity index (χ1) is 10.3. The van der Waals surface area contributed by atoms with Crippen LogP contribution in [0.2, 0.25) is 0 Å². The van der Waals surface area contributed by atoms with Crippen LogP contribution in [0.1, 0.15) is 30.6 Å². The minimum atomic E-state index is -0.915. The fourth-order valence-corrected chi connectivity index (χ4v) is 2.54. The zero-order chi connectivity index (χ0) is 16.3. The van der Waals surface area contributed by atoms with Gasteiger partial charge in [0, 0.05) is 31.7 Å². The van der Waals surface area contributed by atoms with Crippen molar-refractivity contribution in [3.63, 3.8) is 0 Å². The molecule has 1 aliphatic rings. The number of carbonyl (C=O) groups excluding carboxylic acids is 2. The molecule has 1 fully saturated rings. The fourth-order valence-electron chi connectivity index (χ4n) is 2.54. The third-order valence-corrected chi connectivity index (χ3v) is 3.69. The van der Waals surface area contributed by atoms with E-state index in [9.17, 15) is 14.0 Å². The van der Waals surface area contributed by atoms with Crippen molar-refractivity contribution in [1.82, 2.24) is 9.80 Å². The molecule has 0 aromatic heterocycles. The minimum Gasteiger partial charge on any atom is -0.339 e. The summed E-state index contributed by atoms with van der Waals surface area (Å²) in [4.78, 5) is 28.0. The Hall–Kier alpha value is -1.95. The standard InChI is InChI=1S/C16H22FN3O2/c1-16(2,18)15(22)20-8-4-7-19(9-10-20)14(21)12-5-3-6-13(17)11-12/h3,5-6,11H,4,7-10,18H2,1-2H3. The van der Waals surface area contributed by atoms with Crippen molar-refractivity contribution in [2.45, 2.75) is 25.8 Å². The van der Waals surface area contributed by atoms with Gasteiger partial charge in [-0.05, 0) is 38.5 Å². The smallest absolute Gasteiger partial charge is 0.254 e. The predicted octanol–water partition coefficient (Wildman–Crippen LogP) is 1.24. The Morgan fingerprint density at radius 2 is 1.77 bits per heavy atom. The van der Waals surface area contributed by atoms with Crippen molar-refractivity contribution in [1.29, 1.82) is 0 Å². The summed E-state index contributed by atoms with van der Waals surface area (Å²) in [5.41, 5.74) is 5.27. The number of amides is 2. The van der Waals surface area contributed by atoms with E-state index >= 15 is 0 Å². The monoisotopic (exact) mass is 307 g/mol. The first kappa shape index (κ1) is 16.4. The maximum atomic E-state index is 13.2. The molecule has 0 spiro atoms. The summed E-state index contributed by atoms with van der Waals surface area (Å²) >= 11 is 0. The number of halogens is 1. The summed E-state index contributed by atoms with van der Waals surface area (Å²) in [7, 11) is 0. The van der Waals surface area contributed by atoms with Gasteiger partial charge in [0.2, 0.25) is 5.91 Å². The lowest BCUT2D eigenvalue weighted by Gasteiger charge is -2.28. The number of hydrogen-bond donors (Lipinski definition) is 1. The van der Waals surface area contributed by atoms with E-state index < -0.39 is 11.4 Å². The lowest BCUT2D eigenvalue weighted by atomic mass is 10.1. The number of carbonyl (C=O) groups is 2. The number of benzene rings is 1. The van der Waals surface area contributed by atoms with E-state index in [1.807, 2.05) is 0 Å². The largest absolute Gasteiger partial charge is 0.339 e. The molecule has 0 unspecified atom stereocenters. The van der Waals surface area contributed by atoms with Crippen LogP contribution in [-0.4, -0.2) is 53.3 Å². The fraction of sp³-hybridized carbons (Fsp3) is 0.500. The van der Waals surface area contributed by atoms with E-state index in [0.29, 0.717) is 38.2 Å². The number of hydrogen-bond acceptors (Lipinski definition) is 3. The zero-order valence-electron chi connectivity index (χ0n) is 13.0. The van der Waals surface area contributed by atoms with E-state index in [2.05, 4.69) is 0 Å². The first-order valence-corrected chi connectivity index (χ1v) is 7.42. The molecule has 0 saturated carbocycles. The molecule has 120 valence electrons. The average Bonchev–Trinajstić information content (AvgIpc) is 2.70. The van der Waals surface area contributed by atoms with E-state index in [0.717, 1.165) is 0 Å². The van der Waals surface area contributed by atoms with E-state index in [4.69, 9.17) is 5.73 Å². The summed E-state index contributed by atoms with van der Waals surface area (Å²) in [5, 5.41) is 0. The molecule has 2 N–H and O–H groups in total. The van der Waals surface area contributed by atoms with E-state index in [1.165, 1.54) is 18.2 Å². The summed E-state index contributed by atoms with van der Waals surface area (Å²) in [6.07, 6.45) is 0.683. The van der Waals surface area contributed by atoms with Gasteiger partial charge >= 0.3 is 0 Å². The molecule has 1 heterocycles. The Balaban J connectivity index is 2.04. The SMILES string of the molecule is CC(C)(N)C(=O)N1CCCN(C(=O)c2cccc(F)c2)CC1. The molecule has 1 aliphatic heterocycles. The third kappa shape index (κ3) is 3.82. The highest BCUT2D eigenvalue weighted by Crippen LogP contribution is 2.13. The molecular weight excluding hydrogens is 285 g/mol. The van der Waals surface area contributed by atoms with Gasteiger partial charge in [0.25, 0.3) is 5.91 Å². The molecule has 5 nitrogen and oxygen atoms in total. The van der Waals surface area contributed by atoms with Crippen LogP contribution in [0.4, 0.5) is 4.39 Å². The van der Waals surface area contributed by atoms with Crippen LogP contribution in [0.15, 0.2) is 24.3 Å². The van der Waals surface area contributed by atoms with Crippen molar-refractivity contribution in [3.8, 4) is 0 Å². The second-order valence-electron chi connectivity index (χ2n) is 6.17. The average molecular weight is 307 g/mol. The van der Waals surface area contributed by atoms with Crippen LogP contribution >= 0.6 is 0 Å². The minimum absolute atomic E-state index is 0.118. The lowest BCUT2D eigenvalue weighted by Crippen LogP contribution is -2.52. The molecule has 0 bridgehead atoms. The second-order valence-corrected chi connectivity index (χ2v) is 6.17. The molecule has 2 amide bonds. The Bertz CT molecular complexity index is 569. The van der Waals surface area contributed by atoms with Crippen LogP contribution in [0.25, 0.3) is 0 Å². The van der Waals surface area contributed by atoms with Crippen molar-refractivity contribution in [2.24, 2.45) is 5.73 Å². The van der Waals surface area contributed by atoms with Crippen LogP contribution in [0.5, 0.6) is 0 Å². The molecule has 0 radical (unpaired) electrons. The van der Waals surface area contributed by atoms with Gasteiger partial charge in [0.1, 0.15) is 5.82 Å². The number of rotatable bonds is 2. The maximum absolute atomic E-state index is 13.2. The summed E-state index contributed by atoms with van der Waals surface area (Å²) in [6.45, 7) is 5.35. The third-order valence-electron chi connectivity index (χ3n) is 3.69. The molecule has 6 heteroatoms. The molecule has 1 aromatic rings. The van der Waals surface area contributed by atoms with E-state index in [-0.39, 0.29) is 11.8 Å². The van der Waals surface area contributed by atoms with Gasteiger partial charge in [-0.25, -0.2) is 4.39 Å². The van der Waals surface area contributed by atoms with Gasteiger partial charge in [-0.15, -0.1) is 0 Å². The highest BCUT2D eigenvalue weighted by Gasteiger charge is 2.30. The van der Waals surface area contributed by atoms with Crippen molar-refractivity contribution >= 4 is 11.8 Å². The number of nitrogens with zero attached hydrogens (tertiary/aromatic N) is 2. The summed E-state index contributed by atoms with van der Waals surface area (Å²) in [5.74, 6) is -0.754. The Morgan fingerprint density at radius 1 is 1.14 bits per heavy atom. The lowest BCUT2D eigenvalue weighted by molar-refractivity contribution is -0.135. The van der Waals surface area contributed by atoms with Gasteiger partial charge in [-0.3, -0.25) is 9.59 Å². The zero-order valence-corrected chi connectivity index (χ0v) is 13.0.